The molecule has 0 aromatic carbocycles. The van der Waals surface area contributed by atoms with Gasteiger partial charge in [-0.2, -0.15) is 0 Å². The van der Waals surface area contributed by atoms with Crippen molar-refractivity contribution in [3.63, 3.8) is 0 Å². The Hall–Kier alpha value is -0.920. The highest BCUT2D eigenvalue weighted by Crippen LogP contribution is 2.10. The molecule has 0 unspecified atom stereocenters. The fraction of sp³-hybridized carbons (Fsp3) is 0.762. The number of unbranched alkanes of at least 4 members (excludes halogenated alkanes) is 10. The van der Waals surface area contributed by atoms with Gasteiger partial charge in [0.15, 0.2) is 11.9 Å². The number of aromatic nitrogens is 1. The van der Waals surface area contributed by atoms with Gasteiger partial charge in [-0.05, 0) is 12.8 Å². The van der Waals surface area contributed by atoms with E-state index in [-0.39, 0.29) is 4.70 Å². The van der Waals surface area contributed by atoms with E-state index < -0.39 is 0 Å². The first-order valence-electron chi connectivity index (χ1n) is 9.85. The maximum atomic E-state index is 2.47. The van der Waals surface area contributed by atoms with Crippen LogP contribution in [0.1, 0.15) is 96.6 Å². The Bertz CT molecular complexity index is 365. The van der Waals surface area contributed by atoms with Crippen molar-refractivity contribution in [3.8, 4) is 0 Å². The Kier molecular flexibility index (Phi) is 15.3. The van der Waals surface area contributed by atoms with Crippen molar-refractivity contribution < 1.29 is 9.27 Å². The van der Waals surface area contributed by atoms with Crippen LogP contribution < -0.4 is 9.27 Å². The van der Waals surface area contributed by atoms with Crippen LogP contribution in [0.5, 0.6) is 0 Å². The second-order valence-corrected chi connectivity index (χ2v) is 6.67. The van der Waals surface area contributed by atoms with Crippen molar-refractivity contribution in [1.82, 2.24) is 0 Å². The van der Waals surface area contributed by atoms with Crippen LogP contribution in [0.25, 0.3) is 0 Å². The zero-order valence-corrected chi connectivity index (χ0v) is 15.5. The molecule has 0 spiro atoms. The third kappa shape index (κ3) is 11.3. The molecule has 0 aliphatic carbocycles. The lowest BCUT2D eigenvalue weighted by molar-refractivity contribution is -0.704. The number of halogens is 1. The van der Waals surface area contributed by atoms with Crippen molar-refractivity contribution in [1.29, 1.82) is 0 Å². The lowest BCUT2D eigenvalue weighted by atomic mass is 10.1. The molecule has 0 bridgehead atoms. The van der Waals surface area contributed by atoms with Gasteiger partial charge < -0.3 is 4.70 Å². The standard InChI is InChI=1S/C21H38N.FH/c1-3-5-7-8-9-10-11-12-13-15-19-22-20-16-14-18-21(22)17-6-4-2;/h14,16,18,20H,3-13,15,17,19H2,1-2H3;1H/q+1;/p-1. The van der Waals surface area contributed by atoms with E-state index in [4.69, 9.17) is 0 Å². The van der Waals surface area contributed by atoms with E-state index in [0.29, 0.717) is 0 Å². The summed E-state index contributed by atoms with van der Waals surface area (Å²) in [5.41, 5.74) is 1.51. The molecular weight excluding hydrogens is 285 g/mol. The van der Waals surface area contributed by atoms with Crippen molar-refractivity contribution >= 4 is 0 Å². The summed E-state index contributed by atoms with van der Waals surface area (Å²) in [5.74, 6) is 0. The van der Waals surface area contributed by atoms with Gasteiger partial charge in [-0.1, -0.05) is 77.7 Å². The van der Waals surface area contributed by atoms with Crippen LogP contribution >= 0.6 is 0 Å². The normalized spacial score (nSPS) is 10.5. The van der Waals surface area contributed by atoms with Gasteiger partial charge in [0.25, 0.3) is 0 Å². The van der Waals surface area contributed by atoms with Gasteiger partial charge >= 0.3 is 0 Å². The molecule has 0 radical (unpaired) electrons. The molecule has 0 amide bonds. The summed E-state index contributed by atoms with van der Waals surface area (Å²) < 4.78 is 2.47. The highest BCUT2D eigenvalue weighted by atomic mass is 19.0. The summed E-state index contributed by atoms with van der Waals surface area (Å²) >= 11 is 0. The molecule has 23 heavy (non-hydrogen) atoms. The van der Waals surface area contributed by atoms with E-state index in [0.717, 1.165) is 0 Å². The van der Waals surface area contributed by atoms with Gasteiger partial charge in [-0.25, -0.2) is 4.57 Å². The Morgan fingerprint density at radius 2 is 1.26 bits per heavy atom. The molecule has 1 aromatic heterocycles. The second kappa shape index (κ2) is 16.0. The minimum Gasteiger partial charge on any atom is -1.00 e. The van der Waals surface area contributed by atoms with Gasteiger partial charge in [0, 0.05) is 25.0 Å². The van der Waals surface area contributed by atoms with Crippen LogP contribution in [0.2, 0.25) is 0 Å². The zero-order valence-electron chi connectivity index (χ0n) is 15.5. The smallest absolute Gasteiger partial charge is 0.181 e. The molecule has 0 fully saturated rings. The predicted octanol–water partition coefficient (Wildman–Crippen LogP) is 3.24. The summed E-state index contributed by atoms with van der Waals surface area (Å²) in [4.78, 5) is 0. The largest absolute Gasteiger partial charge is 1.00 e. The maximum absolute atomic E-state index is 2.47. The van der Waals surface area contributed by atoms with Crippen molar-refractivity contribution in [3.05, 3.63) is 30.1 Å². The highest BCUT2D eigenvalue weighted by molar-refractivity contribution is 4.97. The van der Waals surface area contributed by atoms with Crippen LogP contribution in [0.15, 0.2) is 24.4 Å². The number of hydrogen-bond acceptors (Lipinski definition) is 0. The quantitative estimate of drug-likeness (QED) is 0.365. The second-order valence-electron chi connectivity index (χ2n) is 6.67. The van der Waals surface area contributed by atoms with Crippen molar-refractivity contribution in [2.24, 2.45) is 0 Å². The molecule has 2 heteroatoms. The molecule has 0 aliphatic rings. The molecule has 134 valence electrons. The Morgan fingerprint density at radius 1 is 0.696 bits per heavy atom. The van der Waals surface area contributed by atoms with Crippen LogP contribution in [-0.4, -0.2) is 0 Å². The van der Waals surface area contributed by atoms with E-state index in [1.165, 1.54) is 95.7 Å². The molecule has 1 nitrogen and oxygen atoms in total. The van der Waals surface area contributed by atoms with Crippen molar-refractivity contribution in [2.75, 3.05) is 0 Å². The van der Waals surface area contributed by atoms with Gasteiger partial charge in [0.05, 0.1) is 0 Å². The van der Waals surface area contributed by atoms with E-state index in [1.54, 1.807) is 0 Å². The van der Waals surface area contributed by atoms with Crippen LogP contribution in [0.3, 0.4) is 0 Å². The fourth-order valence-electron chi connectivity index (χ4n) is 3.08. The van der Waals surface area contributed by atoms with E-state index in [1.807, 2.05) is 0 Å². The maximum Gasteiger partial charge on any atom is 0.181 e. The lowest BCUT2D eigenvalue weighted by Gasteiger charge is -2.04. The van der Waals surface area contributed by atoms with Crippen LogP contribution in [0, 0.1) is 0 Å². The van der Waals surface area contributed by atoms with E-state index in [9.17, 15) is 0 Å². The zero-order chi connectivity index (χ0) is 15.9. The molecule has 0 saturated heterocycles. The Balaban J connectivity index is 0.00000484. The Morgan fingerprint density at radius 3 is 1.87 bits per heavy atom. The van der Waals surface area contributed by atoms with Gasteiger partial charge in [-0.15, -0.1) is 0 Å². The average molecular weight is 324 g/mol. The number of aryl methyl sites for hydroxylation is 2. The third-order valence-corrected chi connectivity index (χ3v) is 4.57. The Labute approximate surface area is 143 Å². The SMILES string of the molecule is CCCCCCCCCCCC[n+]1ccccc1CCCC.[F-]. The molecule has 0 saturated carbocycles. The van der Waals surface area contributed by atoms with Gasteiger partial charge in [0.1, 0.15) is 6.54 Å². The van der Waals surface area contributed by atoms with Crippen LogP contribution in [0.4, 0.5) is 0 Å². The number of pyridine rings is 1. The van der Waals surface area contributed by atoms with Crippen LogP contribution in [-0.2, 0) is 13.0 Å². The van der Waals surface area contributed by atoms with Gasteiger partial charge in [-0.3, -0.25) is 0 Å². The van der Waals surface area contributed by atoms with E-state index >= 15 is 0 Å². The predicted molar refractivity (Wildman–Crippen MR) is 97.1 cm³/mol. The molecule has 1 aromatic rings. The van der Waals surface area contributed by atoms with Crippen molar-refractivity contribution in [2.45, 2.75) is 104 Å². The average Bonchev–Trinajstić information content (AvgIpc) is 2.55. The third-order valence-electron chi connectivity index (χ3n) is 4.57. The molecule has 0 atom stereocenters. The molecule has 1 heterocycles. The summed E-state index contributed by atoms with van der Waals surface area (Å²) in [5, 5.41) is 0. The summed E-state index contributed by atoms with van der Waals surface area (Å²) in [6.07, 6.45) is 20.3. The number of nitrogens with zero attached hydrogens (tertiary/aromatic N) is 1. The minimum atomic E-state index is 0. The molecule has 0 aliphatic heterocycles. The monoisotopic (exact) mass is 323 g/mol. The molecule has 0 N–H and O–H groups in total. The summed E-state index contributed by atoms with van der Waals surface area (Å²) in [7, 11) is 0. The number of hydrogen-bond donors (Lipinski definition) is 0. The van der Waals surface area contributed by atoms with E-state index in [2.05, 4.69) is 42.8 Å². The highest BCUT2D eigenvalue weighted by Gasteiger charge is 2.08. The topological polar surface area (TPSA) is 3.88 Å². The minimum absolute atomic E-state index is 0. The fourth-order valence-corrected chi connectivity index (χ4v) is 3.08. The first kappa shape index (κ1) is 22.1. The summed E-state index contributed by atoms with van der Waals surface area (Å²) in [6, 6.07) is 6.65. The summed E-state index contributed by atoms with van der Waals surface area (Å²) in [6.45, 7) is 5.77. The molecular formula is C21H38FN. The van der Waals surface area contributed by atoms with Gasteiger partial charge in [0.2, 0.25) is 0 Å². The lowest BCUT2D eigenvalue weighted by Crippen LogP contribution is -3.00. The first-order valence-corrected chi connectivity index (χ1v) is 9.85. The first-order chi connectivity index (χ1) is 10.9. The number of rotatable bonds is 14. The molecule has 1 rings (SSSR count).